The molecule has 2 heterocycles. The van der Waals surface area contributed by atoms with Crippen molar-refractivity contribution in [2.45, 2.75) is 38.3 Å². The minimum Gasteiger partial charge on any atom is -0.493 e. The molecular formula is C27H27N3O3. The van der Waals surface area contributed by atoms with E-state index in [0.29, 0.717) is 40.8 Å². The zero-order valence-electron chi connectivity index (χ0n) is 18.7. The van der Waals surface area contributed by atoms with Gasteiger partial charge in [0.05, 0.1) is 30.2 Å². The lowest BCUT2D eigenvalue weighted by atomic mass is 10.1. The van der Waals surface area contributed by atoms with Gasteiger partial charge in [-0.25, -0.2) is 4.98 Å². The van der Waals surface area contributed by atoms with Gasteiger partial charge in [-0.05, 0) is 49.4 Å². The lowest BCUT2D eigenvalue weighted by Gasteiger charge is -2.21. The number of fused-ring (bicyclic) bond motifs is 1. The molecule has 0 saturated heterocycles. The average molecular weight is 442 g/mol. The summed E-state index contributed by atoms with van der Waals surface area (Å²) in [4.78, 5) is 19.5. The zero-order valence-corrected chi connectivity index (χ0v) is 18.7. The summed E-state index contributed by atoms with van der Waals surface area (Å²) in [5.74, 6) is 1.84. The Morgan fingerprint density at radius 1 is 1.06 bits per heavy atom. The number of pyridine rings is 1. The topological polar surface area (TPSA) is 63.7 Å². The molecule has 1 aliphatic carbocycles. The molecule has 33 heavy (non-hydrogen) atoms. The number of ether oxygens (including phenoxy) is 2. The van der Waals surface area contributed by atoms with E-state index in [9.17, 15) is 4.79 Å². The first-order valence-corrected chi connectivity index (χ1v) is 11.3. The van der Waals surface area contributed by atoms with E-state index < -0.39 is 0 Å². The summed E-state index contributed by atoms with van der Waals surface area (Å²) in [7, 11) is 1.63. The van der Waals surface area contributed by atoms with Gasteiger partial charge < -0.3 is 14.8 Å². The second-order valence-corrected chi connectivity index (χ2v) is 8.40. The molecule has 0 radical (unpaired) electrons. The highest BCUT2D eigenvalue weighted by Crippen LogP contribution is 2.40. The summed E-state index contributed by atoms with van der Waals surface area (Å²) >= 11 is 0. The monoisotopic (exact) mass is 441 g/mol. The summed E-state index contributed by atoms with van der Waals surface area (Å²) in [6.07, 6.45) is 6.33. The fourth-order valence-corrected chi connectivity index (χ4v) is 4.47. The maximum atomic E-state index is 13.4. The Morgan fingerprint density at radius 3 is 2.61 bits per heavy atom. The van der Waals surface area contributed by atoms with Gasteiger partial charge in [-0.2, -0.15) is 0 Å². The minimum absolute atomic E-state index is 0.128. The van der Waals surface area contributed by atoms with Crippen molar-refractivity contribution in [2.24, 2.45) is 0 Å². The van der Waals surface area contributed by atoms with Gasteiger partial charge in [0.15, 0.2) is 11.5 Å². The maximum absolute atomic E-state index is 13.4. The second kappa shape index (κ2) is 8.98. The standard InChI is InChI=1S/C27H27N3O3/c1-18-23-17-29-26(28-16-19-8-4-3-5-9-19)15-22(23)27(31)30(18)20-12-13-24(32-2)25(14-20)33-21-10-6-7-11-21/h3-5,8-9,12-15,17,21H,1,6-7,10-11,16H2,2H3,(H,28,29). The number of carbonyl (C=O) groups is 1. The van der Waals surface area contributed by atoms with Crippen LogP contribution in [0.1, 0.15) is 47.2 Å². The Balaban J connectivity index is 1.38. The first-order valence-electron chi connectivity index (χ1n) is 11.3. The molecule has 168 valence electrons. The Kier molecular flexibility index (Phi) is 5.73. The first kappa shape index (κ1) is 21.1. The van der Waals surface area contributed by atoms with Crippen molar-refractivity contribution in [3.63, 3.8) is 0 Å². The van der Waals surface area contributed by atoms with Crippen molar-refractivity contribution in [1.29, 1.82) is 0 Å². The third-order valence-electron chi connectivity index (χ3n) is 6.24. The Morgan fingerprint density at radius 2 is 1.85 bits per heavy atom. The van der Waals surface area contributed by atoms with Crippen LogP contribution in [0, 0.1) is 0 Å². The first-order chi connectivity index (χ1) is 16.1. The number of benzene rings is 2. The van der Waals surface area contributed by atoms with Crippen LogP contribution in [-0.4, -0.2) is 24.1 Å². The number of nitrogens with zero attached hydrogens (tertiary/aromatic N) is 2. The van der Waals surface area contributed by atoms with E-state index in [4.69, 9.17) is 9.47 Å². The highest BCUT2D eigenvalue weighted by Gasteiger charge is 2.33. The normalized spacial score (nSPS) is 15.6. The smallest absolute Gasteiger partial charge is 0.263 e. The number of carbonyl (C=O) groups excluding carboxylic acids is 1. The van der Waals surface area contributed by atoms with E-state index in [-0.39, 0.29) is 12.0 Å². The fraction of sp³-hybridized carbons (Fsp3) is 0.259. The largest absolute Gasteiger partial charge is 0.493 e. The van der Waals surface area contributed by atoms with Gasteiger partial charge in [-0.15, -0.1) is 0 Å². The van der Waals surface area contributed by atoms with E-state index in [0.717, 1.165) is 24.0 Å². The number of hydrogen-bond donors (Lipinski definition) is 1. The molecule has 1 N–H and O–H groups in total. The van der Waals surface area contributed by atoms with Crippen LogP contribution in [0.4, 0.5) is 11.5 Å². The van der Waals surface area contributed by atoms with Crippen LogP contribution in [0.25, 0.3) is 5.70 Å². The van der Waals surface area contributed by atoms with Crippen molar-refractivity contribution >= 4 is 23.1 Å². The van der Waals surface area contributed by atoms with Crippen LogP contribution in [-0.2, 0) is 6.54 Å². The SMILES string of the molecule is C=C1c2cnc(NCc3ccccc3)cc2C(=O)N1c1ccc(OC)c(OC2CCCC2)c1. The number of anilines is 2. The van der Waals surface area contributed by atoms with Crippen LogP contribution in [0.5, 0.6) is 11.5 Å². The predicted octanol–water partition coefficient (Wildman–Crippen LogP) is 5.65. The number of nitrogens with one attached hydrogen (secondary N) is 1. The third kappa shape index (κ3) is 4.16. The highest BCUT2D eigenvalue weighted by molar-refractivity contribution is 6.22. The van der Waals surface area contributed by atoms with Gasteiger partial charge in [0.2, 0.25) is 0 Å². The molecule has 6 heteroatoms. The van der Waals surface area contributed by atoms with Gasteiger partial charge in [-0.1, -0.05) is 36.9 Å². The number of aromatic nitrogens is 1. The average Bonchev–Trinajstić information content (AvgIpc) is 3.44. The van der Waals surface area contributed by atoms with E-state index in [1.165, 1.54) is 12.8 Å². The summed E-state index contributed by atoms with van der Waals surface area (Å²) in [5.41, 5.74) is 3.77. The van der Waals surface area contributed by atoms with Gasteiger partial charge in [0.25, 0.3) is 5.91 Å². The fourth-order valence-electron chi connectivity index (χ4n) is 4.47. The third-order valence-corrected chi connectivity index (χ3v) is 6.24. The van der Waals surface area contributed by atoms with Crippen LogP contribution in [0.3, 0.4) is 0 Å². The number of amides is 1. The molecular weight excluding hydrogens is 414 g/mol. The lowest BCUT2D eigenvalue weighted by Crippen LogP contribution is -2.22. The van der Waals surface area contributed by atoms with Gasteiger partial charge in [0.1, 0.15) is 5.82 Å². The van der Waals surface area contributed by atoms with E-state index in [1.807, 2.05) is 48.5 Å². The van der Waals surface area contributed by atoms with Crippen molar-refractivity contribution in [2.75, 3.05) is 17.3 Å². The Labute approximate surface area is 193 Å². The van der Waals surface area contributed by atoms with Crippen molar-refractivity contribution in [3.05, 3.63) is 84.1 Å². The van der Waals surface area contributed by atoms with E-state index >= 15 is 0 Å². The van der Waals surface area contributed by atoms with Crippen LogP contribution >= 0.6 is 0 Å². The minimum atomic E-state index is -0.128. The molecule has 1 aromatic heterocycles. The Hall–Kier alpha value is -3.80. The van der Waals surface area contributed by atoms with Crippen LogP contribution < -0.4 is 19.7 Å². The quantitative estimate of drug-likeness (QED) is 0.513. The molecule has 0 unspecified atom stereocenters. The molecule has 3 aromatic rings. The van der Waals surface area contributed by atoms with Gasteiger partial charge in [-0.3, -0.25) is 9.69 Å². The van der Waals surface area contributed by atoms with Crippen molar-refractivity contribution in [3.8, 4) is 11.5 Å². The lowest BCUT2D eigenvalue weighted by molar-refractivity contribution is 0.101. The molecule has 2 aliphatic rings. The molecule has 2 aromatic carbocycles. The highest BCUT2D eigenvalue weighted by atomic mass is 16.5. The van der Waals surface area contributed by atoms with E-state index in [2.05, 4.69) is 16.9 Å². The molecule has 1 fully saturated rings. The maximum Gasteiger partial charge on any atom is 0.263 e. The van der Waals surface area contributed by atoms with Crippen molar-refractivity contribution in [1.82, 2.24) is 4.98 Å². The molecule has 1 aliphatic heterocycles. The molecule has 0 bridgehead atoms. The Bertz CT molecular complexity index is 1190. The molecule has 0 atom stereocenters. The molecule has 1 amide bonds. The number of hydrogen-bond acceptors (Lipinski definition) is 5. The molecule has 6 nitrogen and oxygen atoms in total. The summed E-state index contributed by atoms with van der Waals surface area (Å²) in [6, 6.07) is 17.4. The van der Waals surface area contributed by atoms with Gasteiger partial charge >= 0.3 is 0 Å². The summed E-state index contributed by atoms with van der Waals surface area (Å²) in [5, 5.41) is 3.30. The summed E-state index contributed by atoms with van der Waals surface area (Å²) < 4.78 is 11.7. The predicted molar refractivity (Wildman–Crippen MR) is 130 cm³/mol. The zero-order chi connectivity index (χ0) is 22.8. The molecule has 0 spiro atoms. The second-order valence-electron chi connectivity index (χ2n) is 8.40. The van der Waals surface area contributed by atoms with Crippen molar-refractivity contribution < 1.29 is 14.3 Å². The number of methoxy groups -OCH3 is 1. The van der Waals surface area contributed by atoms with Crippen LogP contribution in [0.15, 0.2) is 67.4 Å². The van der Waals surface area contributed by atoms with E-state index in [1.54, 1.807) is 24.3 Å². The van der Waals surface area contributed by atoms with Crippen LogP contribution in [0.2, 0.25) is 0 Å². The van der Waals surface area contributed by atoms with Gasteiger partial charge in [0, 0.05) is 24.4 Å². The summed E-state index contributed by atoms with van der Waals surface area (Å²) in [6.45, 7) is 4.81. The number of rotatable bonds is 7. The molecule has 5 rings (SSSR count). The molecule has 1 saturated carbocycles.